The first-order valence-electron chi connectivity index (χ1n) is 7.08. The molecule has 124 valence electrons. The fourth-order valence-electron chi connectivity index (χ4n) is 1.79. The second-order valence-electron chi connectivity index (χ2n) is 5.53. The Hall–Kier alpha value is -1.00. The average molecular weight is 347 g/mol. The van der Waals surface area contributed by atoms with Crippen molar-refractivity contribution >= 4 is 20.0 Å². The smallest absolute Gasteiger partial charge is 0.240 e. The van der Waals surface area contributed by atoms with Gasteiger partial charge in [-0.05, 0) is 50.5 Å². The third kappa shape index (κ3) is 4.75. The van der Waals surface area contributed by atoms with E-state index in [1.165, 1.54) is 24.3 Å². The number of rotatable bonds is 8. The third-order valence-corrected chi connectivity index (χ3v) is 6.25. The molecule has 0 spiro atoms. The molecule has 0 aliphatic heterocycles. The second kappa shape index (κ2) is 6.63. The van der Waals surface area contributed by atoms with Crippen LogP contribution in [0.5, 0.6) is 0 Å². The third-order valence-electron chi connectivity index (χ3n) is 3.24. The predicted octanol–water partition coefficient (Wildman–Crippen LogP) is 0.143. The highest BCUT2D eigenvalue weighted by atomic mass is 32.2. The Morgan fingerprint density at radius 3 is 2.05 bits per heavy atom. The molecular weight excluding hydrogens is 326 g/mol. The molecule has 22 heavy (non-hydrogen) atoms. The van der Waals surface area contributed by atoms with E-state index in [1.54, 1.807) is 6.92 Å². The van der Waals surface area contributed by atoms with Gasteiger partial charge in [0.25, 0.3) is 0 Å². The van der Waals surface area contributed by atoms with Gasteiger partial charge in [0, 0.05) is 18.6 Å². The highest BCUT2D eigenvalue weighted by molar-refractivity contribution is 7.90. The summed E-state index contributed by atoms with van der Waals surface area (Å²) >= 11 is 0. The first-order valence-corrected chi connectivity index (χ1v) is 10.0. The minimum absolute atomic E-state index is 0.00771. The largest absolute Gasteiger partial charge is 0.328 e. The Morgan fingerprint density at radius 1 is 1.09 bits per heavy atom. The number of nitrogens with one attached hydrogen (secondary N) is 2. The first kappa shape index (κ1) is 17.4. The van der Waals surface area contributed by atoms with Gasteiger partial charge in [-0.2, -0.15) is 0 Å². The number of hydrogen-bond acceptors (Lipinski definition) is 5. The van der Waals surface area contributed by atoms with Crippen molar-refractivity contribution in [2.45, 2.75) is 48.1 Å². The lowest BCUT2D eigenvalue weighted by molar-refractivity contribution is 0.570. The van der Waals surface area contributed by atoms with E-state index in [2.05, 4.69) is 9.44 Å². The van der Waals surface area contributed by atoms with Crippen LogP contribution in [0, 0.1) is 0 Å². The van der Waals surface area contributed by atoms with Crippen molar-refractivity contribution in [3.05, 3.63) is 24.3 Å². The van der Waals surface area contributed by atoms with Crippen LogP contribution in [0.3, 0.4) is 0 Å². The van der Waals surface area contributed by atoms with E-state index in [-0.39, 0.29) is 28.4 Å². The topological polar surface area (TPSA) is 118 Å². The van der Waals surface area contributed by atoms with Crippen LogP contribution in [0.4, 0.5) is 0 Å². The summed E-state index contributed by atoms with van der Waals surface area (Å²) in [5.41, 5.74) is 5.56. The van der Waals surface area contributed by atoms with E-state index >= 15 is 0 Å². The zero-order valence-corrected chi connectivity index (χ0v) is 14.0. The van der Waals surface area contributed by atoms with Gasteiger partial charge in [-0.25, -0.2) is 26.3 Å². The van der Waals surface area contributed by atoms with Gasteiger partial charge in [0.1, 0.15) is 0 Å². The zero-order chi connectivity index (χ0) is 16.4. The Bertz CT molecular complexity index is 708. The molecule has 1 saturated carbocycles. The molecule has 0 bridgehead atoms. The van der Waals surface area contributed by atoms with Crippen LogP contribution in [0.1, 0.15) is 26.2 Å². The molecule has 1 atom stereocenters. The minimum Gasteiger partial charge on any atom is -0.328 e. The maximum absolute atomic E-state index is 12.0. The van der Waals surface area contributed by atoms with Crippen molar-refractivity contribution in [3.63, 3.8) is 0 Å². The maximum atomic E-state index is 12.0. The van der Waals surface area contributed by atoms with Gasteiger partial charge in [0.2, 0.25) is 20.0 Å². The Balaban J connectivity index is 2.07. The molecule has 0 heterocycles. The van der Waals surface area contributed by atoms with Crippen molar-refractivity contribution < 1.29 is 16.8 Å². The van der Waals surface area contributed by atoms with E-state index < -0.39 is 20.0 Å². The molecule has 0 amide bonds. The molecule has 1 fully saturated rings. The fraction of sp³-hybridized carbons (Fsp3) is 0.538. The van der Waals surface area contributed by atoms with Crippen LogP contribution < -0.4 is 15.2 Å². The standard InChI is InChI=1S/C13H21N3O4S2/c1-10(14)8-9-15-21(17,18)12-4-6-13(7-5-12)22(19,20)16-11-2-3-11/h4-7,10-11,15-16H,2-3,8-9,14H2,1H3. The van der Waals surface area contributed by atoms with Gasteiger partial charge in [0.15, 0.2) is 0 Å². The van der Waals surface area contributed by atoms with Crippen molar-refractivity contribution in [1.82, 2.24) is 9.44 Å². The van der Waals surface area contributed by atoms with Gasteiger partial charge in [0.05, 0.1) is 9.79 Å². The normalized spacial score (nSPS) is 17.4. The van der Waals surface area contributed by atoms with Crippen LogP contribution in [0.2, 0.25) is 0 Å². The lowest BCUT2D eigenvalue weighted by Gasteiger charge is -2.09. The lowest BCUT2D eigenvalue weighted by atomic mass is 10.3. The van der Waals surface area contributed by atoms with Crippen molar-refractivity contribution in [3.8, 4) is 0 Å². The summed E-state index contributed by atoms with van der Waals surface area (Å²) in [7, 11) is -7.22. The summed E-state index contributed by atoms with van der Waals surface area (Å²) < 4.78 is 53.1. The quantitative estimate of drug-likeness (QED) is 0.618. The number of nitrogens with two attached hydrogens (primary N) is 1. The van der Waals surface area contributed by atoms with E-state index in [0.717, 1.165) is 12.8 Å². The molecule has 0 radical (unpaired) electrons. The molecule has 7 nitrogen and oxygen atoms in total. The molecule has 0 aromatic heterocycles. The predicted molar refractivity (Wildman–Crippen MR) is 83.2 cm³/mol. The highest BCUT2D eigenvalue weighted by Crippen LogP contribution is 2.22. The van der Waals surface area contributed by atoms with E-state index in [4.69, 9.17) is 5.73 Å². The van der Waals surface area contributed by atoms with Gasteiger partial charge in [-0.15, -0.1) is 0 Å². The summed E-state index contributed by atoms with van der Waals surface area (Å²) in [6.07, 6.45) is 2.21. The number of benzene rings is 1. The van der Waals surface area contributed by atoms with Crippen LogP contribution in [-0.4, -0.2) is 35.5 Å². The van der Waals surface area contributed by atoms with E-state index in [9.17, 15) is 16.8 Å². The Kier molecular flexibility index (Phi) is 5.23. The van der Waals surface area contributed by atoms with Crippen LogP contribution >= 0.6 is 0 Å². The van der Waals surface area contributed by atoms with Gasteiger partial charge in [-0.3, -0.25) is 0 Å². The van der Waals surface area contributed by atoms with Crippen LogP contribution in [0.15, 0.2) is 34.1 Å². The molecule has 1 unspecified atom stereocenters. The monoisotopic (exact) mass is 347 g/mol. The summed E-state index contributed by atoms with van der Waals surface area (Å²) in [4.78, 5) is 0.0940. The van der Waals surface area contributed by atoms with Crippen molar-refractivity contribution in [2.75, 3.05) is 6.54 Å². The zero-order valence-electron chi connectivity index (χ0n) is 12.3. The van der Waals surface area contributed by atoms with Gasteiger partial charge in [-0.1, -0.05) is 0 Å². The summed E-state index contributed by atoms with van der Waals surface area (Å²) in [5, 5.41) is 0. The molecule has 1 aromatic carbocycles. The molecular formula is C13H21N3O4S2. The second-order valence-corrected chi connectivity index (χ2v) is 9.01. The van der Waals surface area contributed by atoms with Crippen molar-refractivity contribution in [2.24, 2.45) is 5.73 Å². The maximum Gasteiger partial charge on any atom is 0.240 e. The van der Waals surface area contributed by atoms with Crippen molar-refractivity contribution in [1.29, 1.82) is 0 Å². The molecule has 9 heteroatoms. The van der Waals surface area contributed by atoms with Crippen LogP contribution in [-0.2, 0) is 20.0 Å². The Labute approximate surface area is 131 Å². The fourth-order valence-corrected chi connectivity index (χ4v) is 4.14. The molecule has 0 saturated heterocycles. The lowest BCUT2D eigenvalue weighted by Crippen LogP contribution is -2.29. The number of hydrogen-bond donors (Lipinski definition) is 3. The van der Waals surface area contributed by atoms with Crippen LogP contribution in [0.25, 0.3) is 0 Å². The minimum atomic E-state index is -3.65. The summed E-state index contributed by atoms with van der Waals surface area (Å²) in [6.45, 7) is 2.03. The highest BCUT2D eigenvalue weighted by Gasteiger charge is 2.28. The average Bonchev–Trinajstić information content (AvgIpc) is 3.21. The first-order chi connectivity index (χ1) is 10.2. The molecule has 1 aromatic rings. The molecule has 4 N–H and O–H groups in total. The van der Waals surface area contributed by atoms with E-state index in [0.29, 0.717) is 6.42 Å². The molecule has 2 rings (SSSR count). The summed E-state index contributed by atoms with van der Waals surface area (Å²) in [6, 6.07) is 5.08. The summed E-state index contributed by atoms with van der Waals surface area (Å²) in [5.74, 6) is 0. The van der Waals surface area contributed by atoms with Gasteiger partial charge < -0.3 is 5.73 Å². The SMILES string of the molecule is CC(N)CCNS(=O)(=O)c1ccc(S(=O)(=O)NC2CC2)cc1. The Morgan fingerprint density at radius 2 is 1.59 bits per heavy atom. The molecule has 1 aliphatic carbocycles. The molecule has 1 aliphatic rings. The number of sulfonamides is 2. The van der Waals surface area contributed by atoms with Gasteiger partial charge >= 0.3 is 0 Å². The van der Waals surface area contributed by atoms with E-state index in [1.807, 2.05) is 0 Å².